The first-order valence-electron chi connectivity index (χ1n) is 6.87. The zero-order valence-electron chi connectivity index (χ0n) is 12.1. The van der Waals surface area contributed by atoms with Crippen molar-refractivity contribution in [3.8, 4) is 0 Å². The molecule has 6 heteroatoms. The Hall–Kier alpha value is 0.490. The lowest BCUT2D eigenvalue weighted by Crippen LogP contribution is -2.45. The zero-order chi connectivity index (χ0) is 13.0. The molecule has 0 amide bonds. The van der Waals surface area contributed by atoms with Crippen LogP contribution in [0.25, 0.3) is 0 Å². The maximum atomic E-state index is 6.09. The van der Waals surface area contributed by atoms with Crippen LogP contribution in [0.5, 0.6) is 0 Å². The molecule has 20 heavy (non-hydrogen) atoms. The van der Waals surface area contributed by atoms with Gasteiger partial charge >= 0.3 is 0 Å². The van der Waals surface area contributed by atoms with Crippen molar-refractivity contribution in [1.82, 2.24) is 10.2 Å². The summed E-state index contributed by atoms with van der Waals surface area (Å²) in [5.41, 5.74) is 0. The van der Waals surface area contributed by atoms with Crippen LogP contribution in [0.15, 0.2) is 12.1 Å². The van der Waals surface area contributed by atoms with Gasteiger partial charge in [-0.05, 0) is 30.9 Å². The average molecular weight is 360 g/mol. The van der Waals surface area contributed by atoms with Gasteiger partial charge in [0.2, 0.25) is 0 Å². The number of hydrogen-bond acceptors (Lipinski definition) is 3. The molecule has 1 aromatic heterocycles. The quantitative estimate of drug-likeness (QED) is 0.824. The number of nitrogens with zero attached hydrogens (tertiary/aromatic N) is 1. The fourth-order valence-electron chi connectivity index (χ4n) is 2.50. The number of halogens is 3. The molecular weight excluding hydrogens is 335 g/mol. The Labute approximate surface area is 144 Å². The molecule has 1 atom stereocenters. The highest BCUT2D eigenvalue weighted by Crippen LogP contribution is 2.34. The molecule has 0 unspecified atom stereocenters. The van der Waals surface area contributed by atoms with Crippen LogP contribution in [0.3, 0.4) is 0 Å². The Morgan fingerprint density at radius 1 is 1.20 bits per heavy atom. The van der Waals surface area contributed by atoms with Gasteiger partial charge in [-0.1, -0.05) is 25.4 Å². The Balaban J connectivity index is 0.00000180. The summed E-state index contributed by atoms with van der Waals surface area (Å²) in [4.78, 5) is 4.05. The van der Waals surface area contributed by atoms with E-state index >= 15 is 0 Å². The molecule has 1 saturated heterocycles. The van der Waals surface area contributed by atoms with E-state index in [2.05, 4.69) is 30.1 Å². The van der Waals surface area contributed by atoms with E-state index in [0.29, 0.717) is 6.04 Å². The van der Waals surface area contributed by atoms with E-state index in [1.54, 1.807) is 11.3 Å². The highest BCUT2D eigenvalue weighted by molar-refractivity contribution is 7.16. The van der Waals surface area contributed by atoms with E-state index in [1.807, 2.05) is 6.07 Å². The topological polar surface area (TPSA) is 15.3 Å². The minimum Gasteiger partial charge on any atom is -0.314 e. The Kier molecular flexibility index (Phi) is 10.5. The molecule has 1 fully saturated rings. The van der Waals surface area contributed by atoms with Crippen LogP contribution in [-0.2, 0) is 0 Å². The highest BCUT2D eigenvalue weighted by Gasteiger charge is 2.23. The molecule has 118 valence electrons. The molecule has 0 spiro atoms. The van der Waals surface area contributed by atoms with Crippen molar-refractivity contribution < 1.29 is 0 Å². The number of thiophene rings is 1. The molecule has 1 aliphatic heterocycles. The Morgan fingerprint density at radius 2 is 1.85 bits per heavy atom. The second kappa shape index (κ2) is 10.3. The van der Waals surface area contributed by atoms with Crippen LogP contribution in [0, 0.1) is 5.92 Å². The smallest absolute Gasteiger partial charge is 0.0931 e. The number of rotatable bonds is 5. The summed E-state index contributed by atoms with van der Waals surface area (Å²) in [5.74, 6) is 0.769. The molecule has 0 bridgehead atoms. The molecule has 1 aromatic rings. The van der Waals surface area contributed by atoms with E-state index in [9.17, 15) is 0 Å². The van der Waals surface area contributed by atoms with Gasteiger partial charge in [-0.15, -0.1) is 36.2 Å². The van der Waals surface area contributed by atoms with Gasteiger partial charge in [0.05, 0.1) is 4.34 Å². The molecule has 1 aliphatic rings. The number of nitrogens with one attached hydrogen (secondary N) is 1. The van der Waals surface area contributed by atoms with Crippen molar-refractivity contribution in [2.75, 3.05) is 26.2 Å². The summed E-state index contributed by atoms with van der Waals surface area (Å²) in [7, 11) is 0. The molecular formula is C14H25Cl3N2S. The van der Waals surface area contributed by atoms with Gasteiger partial charge in [-0.3, -0.25) is 4.90 Å². The van der Waals surface area contributed by atoms with E-state index in [-0.39, 0.29) is 24.8 Å². The molecule has 0 aromatic carbocycles. The first-order valence-corrected chi connectivity index (χ1v) is 8.06. The third-order valence-electron chi connectivity index (χ3n) is 3.53. The number of hydrogen-bond donors (Lipinski definition) is 1. The largest absolute Gasteiger partial charge is 0.314 e. The minimum absolute atomic E-state index is 0. The van der Waals surface area contributed by atoms with Crippen molar-refractivity contribution in [2.24, 2.45) is 5.92 Å². The fourth-order valence-corrected chi connectivity index (χ4v) is 3.73. The number of piperazine rings is 1. The lowest BCUT2D eigenvalue weighted by molar-refractivity contribution is 0.162. The predicted octanol–water partition coefficient (Wildman–Crippen LogP) is 4.63. The summed E-state index contributed by atoms with van der Waals surface area (Å²) in [5, 5.41) is 3.43. The predicted molar refractivity (Wildman–Crippen MR) is 95.1 cm³/mol. The highest BCUT2D eigenvalue weighted by atomic mass is 35.5. The average Bonchev–Trinajstić information content (AvgIpc) is 2.77. The maximum Gasteiger partial charge on any atom is 0.0931 e. The molecule has 2 nitrogen and oxygen atoms in total. The van der Waals surface area contributed by atoms with Crippen molar-refractivity contribution in [1.29, 1.82) is 0 Å². The standard InChI is InChI=1S/C14H23ClN2S.2ClH/c1-11(2)3-4-12(13-5-6-14(15)18-13)17-9-7-16-8-10-17;;/h5-6,11-12,16H,3-4,7-10H2,1-2H3;2*1H/t12-;;/m0../s1. The van der Waals surface area contributed by atoms with Crippen LogP contribution in [0.4, 0.5) is 0 Å². The third kappa shape index (κ3) is 6.08. The third-order valence-corrected chi connectivity index (χ3v) is 4.86. The van der Waals surface area contributed by atoms with Gasteiger partial charge in [0.25, 0.3) is 0 Å². The lowest BCUT2D eigenvalue weighted by Gasteiger charge is -2.34. The molecule has 0 saturated carbocycles. The van der Waals surface area contributed by atoms with Crippen LogP contribution >= 0.6 is 47.8 Å². The van der Waals surface area contributed by atoms with Crippen molar-refractivity contribution in [2.45, 2.75) is 32.7 Å². The second-order valence-electron chi connectivity index (χ2n) is 5.41. The van der Waals surface area contributed by atoms with E-state index in [4.69, 9.17) is 11.6 Å². The van der Waals surface area contributed by atoms with Crippen molar-refractivity contribution in [3.05, 3.63) is 21.3 Å². The lowest BCUT2D eigenvalue weighted by atomic mass is 10.0. The van der Waals surface area contributed by atoms with Gasteiger partial charge in [0, 0.05) is 37.1 Å². The maximum absolute atomic E-state index is 6.09. The molecule has 2 rings (SSSR count). The summed E-state index contributed by atoms with van der Waals surface area (Å²) in [6.45, 7) is 9.12. The summed E-state index contributed by atoms with van der Waals surface area (Å²) in [6.07, 6.45) is 2.53. The van der Waals surface area contributed by atoms with Gasteiger partial charge < -0.3 is 5.32 Å². The van der Waals surface area contributed by atoms with Crippen LogP contribution < -0.4 is 5.32 Å². The van der Waals surface area contributed by atoms with E-state index < -0.39 is 0 Å². The monoisotopic (exact) mass is 358 g/mol. The summed E-state index contributed by atoms with van der Waals surface area (Å²) >= 11 is 7.84. The molecule has 1 N–H and O–H groups in total. The zero-order valence-corrected chi connectivity index (χ0v) is 15.3. The molecule has 0 radical (unpaired) electrons. The van der Waals surface area contributed by atoms with Crippen LogP contribution in [0.2, 0.25) is 4.34 Å². The first-order chi connectivity index (χ1) is 8.66. The van der Waals surface area contributed by atoms with Crippen LogP contribution in [-0.4, -0.2) is 31.1 Å². The minimum atomic E-state index is 0. The van der Waals surface area contributed by atoms with E-state index in [1.165, 1.54) is 17.7 Å². The van der Waals surface area contributed by atoms with Crippen molar-refractivity contribution >= 4 is 47.8 Å². The normalized spacial score (nSPS) is 17.4. The van der Waals surface area contributed by atoms with E-state index in [0.717, 1.165) is 36.4 Å². The van der Waals surface area contributed by atoms with Gasteiger partial charge in [-0.25, -0.2) is 0 Å². The SMILES string of the molecule is CC(C)CC[C@@H](c1ccc(Cl)s1)N1CCNCC1.Cl.Cl. The van der Waals surface area contributed by atoms with Gasteiger partial charge in [0.15, 0.2) is 0 Å². The Bertz CT molecular complexity index is 365. The van der Waals surface area contributed by atoms with Gasteiger partial charge in [0.1, 0.15) is 0 Å². The first kappa shape index (κ1) is 20.5. The summed E-state index contributed by atoms with van der Waals surface area (Å²) < 4.78 is 0.912. The molecule has 2 heterocycles. The van der Waals surface area contributed by atoms with Crippen LogP contribution in [0.1, 0.15) is 37.6 Å². The fraction of sp³-hybridized carbons (Fsp3) is 0.714. The van der Waals surface area contributed by atoms with Crippen molar-refractivity contribution in [3.63, 3.8) is 0 Å². The summed E-state index contributed by atoms with van der Waals surface area (Å²) in [6, 6.07) is 4.80. The van der Waals surface area contributed by atoms with Gasteiger partial charge in [-0.2, -0.15) is 0 Å². The molecule has 0 aliphatic carbocycles. The Morgan fingerprint density at radius 3 is 2.35 bits per heavy atom. The second-order valence-corrected chi connectivity index (χ2v) is 7.16.